The summed E-state index contributed by atoms with van der Waals surface area (Å²) in [7, 11) is 0. The average molecular weight is 329 g/mol. The Balaban J connectivity index is 2.36. The van der Waals surface area contributed by atoms with Crippen LogP contribution in [0.2, 0.25) is 0 Å². The summed E-state index contributed by atoms with van der Waals surface area (Å²) in [6.07, 6.45) is 0.722. The number of aliphatic hydroxyl groups is 1. The predicted molar refractivity (Wildman–Crippen MR) is 91.3 cm³/mol. The summed E-state index contributed by atoms with van der Waals surface area (Å²) in [6, 6.07) is 9.48. The number of Topliss-reactive ketones (excluding diaryl/α,β-unsaturated/α-hetero) is 1. The van der Waals surface area contributed by atoms with E-state index in [0.29, 0.717) is 23.5 Å². The number of hydrogen-bond acceptors (Lipinski definition) is 4. The van der Waals surface area contributed by atoms with Crippen LogP contribution < -0.4 is 0 Å². The molecule has 128 valence electrons. The number of aliphatic hydroxyl groups excluding tert-OH is 1. The van der Waals surface area contributed by atoms with Crippen molar-refractivity contribution in [2.45, 2.75) is 27.2 Å². The fourth-order valence-corrected chi connectivity index (χ4v) is 2.75. The number of amides is 1. The number of benzene rings is 1. The molecule has 0 aliphatic rings. The van der Waals surface area contributed by atoms with E-state index < -0.39 is 11.7 Å². The number of carbonyl (C=O) groups is 2. The van der Waals surface area contributed by atoms with Gasteiger partial charge in [0.2, 0.25) is 0 Å². The van der Waals surface area contributed by atoms with E-state index in [1.54, 1.807) is 18.5 Å². The zero-order valence-electron chi connectivity index (χ0n) is 14.3. The van der Waals surface area contributed by atoms with Crippen molar-refractivity contribution < 1.29 is 14.7 Å². The number of rotatable bonds is 7. The van der Waals surface area contributed by atoms with Gasteiger partial charge in [0.25, 0.3) is 11.7 Å². The van der Waals surface area contributed by atoms with E-state index in [0.717, 1.165) is 12.1 Å². The van der Waals surface area contributed by atoms with Crippen LogP contribution in [0, 0.1) is 13.8 Å². The van der Waals surface area contributed by atoms with Gasteiger partial charge in [0.15, 0.2) is 0 Å². The highest BCUT2D eigenvalue weighted by Crippen LogP contribution is 2.19. The largest absolute Gasteiger partial charge is 0.395 e. The molecule has 1 aromatic carbocycles. The molecule has 0 spiro atoms. The summed E-state index contributed by atoms with van der Waals surface area (Å²) in [4.78, 5) is 26.6. The molecule has 0 bridgehead atoms. The predicted octanol–water partition coefficient (Wildman–Crippen LogP) is 1.90. The maximum atomic E-state index is 12.7. The highest BCUT2D eigenvalue weighted by atomic mass is 16.3. The molecule has 0 fully saturated rings. The number of aryl methyl sites for hydroxylation is 1. The van der Waals surface area contributed by atoms with Crippen LogP contribution in [0.25, 0.3) is 5.69 Å². The molecule has 1 heterocycles. The molecule has 0 saturated carbocycles. The smallest absolute Gasteiger partial charge is 0.295 e. The average Bonchev–Trinajstić information content (AvgIpc) is 2.88. The van der Waals surface area contributed by atoms with Crippen molar-refractivity contribution in [2.24, 2.45) is 0 Å². The van der Waals surface area contributed by atoms with Gasteiger partial charge < -0.3 is 10.0 Å². The Morgan fingerprint density at radius 1 is 1.17 bits per heavy atom. The molecular weight excluding hydrogens is 306 g/mol. The lowest BCUT2D eigenvalue weighted by molar-refractivity contribution is -0.127. The van der Waals surface area contributed by atoms with Gasteiger partial charge in [-0.1, -0.05) is 25.1 Å². The molecule has 0 aliphatic carbocycles. The zero-order valence-corrected chi connectivity index (χ0v) is 14.3. The second-order valence-electron chi connectivity index (χ2n) is 5.64. The second-order valence-corrected chi connectivity index (χ2v) is 5.64. The van der Waals surface area contributed by atoms with E-state index in [1.807, 2.05) is 37.3 Å². The van der Waals surface area contributed by atoms with Crippen molar-refractivity contribution in [3.05, 3.63) is 47.3 Å². The van der Waals surface area contributed by atoms with Crippen LogP contribution in [-0.4, -0.2) is 51.2 Å². The van der Waals surface area contributed by atoms with E-state index >= 15 is 0 Å². The lowest BCUT2D eigenvalue weighted by Gasteiger charge is -2.20. The first kappa shape index (κ1) is 17.9. The van der Waals surface area contributed by atoms with Crippen molar-refractivity contribution >= 4 is 11.7 Å². The molecule has 1 N–H and O–H groups in total. The fourth-order valence-electron chi connectivity index (χ4n) is 2.75. The highest BCUT2D eigenvalue weighted by molar-refractivity contribution is 6.43. The van der Waals surface area contributed by atoms with Crippen molar-refractivity contribution in [2.75, 3.05) is 19.7 Å². The minimum Gasteiger partial charge on any atom is -0.395 e. The molecule has 0 unspecified atom stereocenters. The van der Waals surface area contributed by atoms with Crippen LogP contribution >= 0.6 is 0 Å². The Hall–Kier alpha value is -2.47. The van der Waals surface area contributed by atoms with Crippen LogP contribution in [0.3, 0.4) is 0 Å². The van der Waals surface area contributed by atoms with Crippen molar-refractivity contribution in [1.82, 2.24) is 14.7 Å². The van der Waals surface area contributed by atoms with Gasteiger partial charge in [-0.15, -0.1) is 0 Å². The Kier molecular flexibility index (Phi) is 5.87. The standard InChI is InChI=1S/C18H23N3O3/c1-4-10-20(11-12-22)18(24)17(23)16-13(2)19-21(14(16)3)15-8-6-5-7-9-15/h5-9,22H,4,10-12H2,1-3H3. The van der Waals surface area contributed by atoms with E-state index in [9.17, 15) is 9.59 Å². The first-order valence-corrected chi connectivity index (χ1v) is 8.07. The van der Waals surface area contributed by atoms with Crippen LogP contribution in [0.4, 0.5) is 0 Å². The van der Waals surface area contributed by atoms with Crippen LogP contribution in [0.5, 0.6) is 0 Å². The van der Waals surface area contributed by atoms with Crippen LogP contribution in [-0.2, 0) is 4.79 Å². The highest BCUT2D eigenvalue weighted by Gasteiger charge is 2.28. The minimum absolute atomic E-state index is 0.156. The van der Waals surface area contributed by atoms with Gasteiger partial charge in [-0.25, -0.2) is 4.68 Å². The SMILES string of the molecule is CCCN(CCO)C(=O)C(=O)c1c(C)nn(-c2ccccc2)c1C. The number of nitrogens with zero attached hydrogens (tertiary/aromatic N) is 3. The summed E-state index contributed by atoms with van der Waals surface area (Å²) in [5, 5.41) is 13.5. The lowest BCUT2D eigenvalue weighted by atomic mass is 10.1. The number of ketones is 1. The minimum atomic E-state index is -0.593. The first-order chi connectivity index (χ1) is 11.5. The molecule has 2 aromatic rings. The van der Waals surface area contributed by atoms with Crippen LogP contribution in [0.1, 0.15) is 35.1 Å². The molecule has 0 saturated heterocycles. The van der Waals surface area contributed by atoms with Crippen molar-refractivity contribution in [3.8, 4) is 5.69 Å². The molecule has 6 nitrogen and oxygen atoms in total. The monoisotopic (exact) mass is 329 g/mol. The fraction of sp³-hybridized carbons (Fsp3) is 0.389. The third-order valence-electron chi connectivity index (χ3n) is 3.86. The van der Waals surface area contributed by atoms with Crippen LogP contribution in [0.15, 0.2) is 30.3 Å². The molecule has 0 aliphatic heterocycles. The van der Waals surface area contributed by atoms with Crippen molar-refractivity contribution in [3.63, 3.8) is 0 Å². The van der Waals surface area contributed by atoms with Gasteiger partial charge in [0.05, 0.1) is 29.2 Å². The zero-order chi connectivity index (χ0) is 17.7. The summed E-state index contributed by atoms with van der Waals surface area (Å²) >= 11 is 0. The third-order valence-corrected chi connectivity index (χ3v) is 3.86. The number of para-hydroxylation sites is 1. The molecule has 1 aromatic heterocycles. The molecule has 24 heavy (non-hydrogen) atoms. The number of aromatic nitrogens is 2. The summed E-state index contributed by atoms with van der Waals surface area (Å²) in [6.45, 7) is 5.86. The van der Waals surface area contributed by atoms with Crippen molar-refractivity contribution in [1.29, 1.82) is 0 Å². The van der Waals surface area contributed by atoms with E-state index in [1.165, 1.54) is 4.90 Å². The van der Waals surface area contributed by atoms with Gasteiger partial charge in [-0.2, -0.15) is 5.10 Å². The third kappa shape index (κ3) is 3.54. The van der Waals surface area contributed by atoms with E-state index in [-0.39, 0.29) is 13.2 Å². The Labute approximate surface area is 141 Å². The topological polar surface area (TPSA) is 75.4 Å². The Morgan fingerprint density at radius 2 is 1.83 bits per heavy atom. The van der Waals surface area contributed by atoms with Gasteiger partial charge in [-0.3, -0.25) is 9.59 Å². The quantitative estimate of drug-likeness (QED) is 0.622. The summed E-state index contributed by atoms with van der Waals surface area (Å²) in [5.74, 6) is -1.17. The first-order valence-electron chi connectivity index (χ1n) is 8.07. The van der Waals surface area contributed by atoms with Gasteiger partial charge in [0, 0.05) is 13.1 Å². The Bertz CT molecular complexity index is 717. The normalized spacial score (nSPS) is 10.7. The van der Waals surface area contributed by atoms with Gasteiger partial charge in [0.1, 0.15) is 0 Å². The number of hydrogen-bond donors (Lipinski definition) is 1. The maximum absolute atomic E-state index is 12.7. The van der Waals surface area contributed by atoms with Gasteiger partial charge >= 0.3 is 0 Å². The van der Waals surface area contributed by atoms with E-state index in [2.05, 4.69) is 5.10 Å². The molecule has 0 atom stereocenters. The van der Waals surface area contributed by atoms with E-state index in [4.69, 9.17) is 5.11 Å². The molecular formula is C18H23N3O3. The molecule has 6 heteroatoms. The maximum Gasteiger partial charge on any atom is 0.295 e. The molecule has 2 rings (SSSR count). The lowest BCUT2D eigenvalue weighted by Crippen LogP contribution is -2.39. The molecule has 0 radical (unpaired) electrons. The molecule has 1 amide bonds. The summed E-state index contributed by atoms with van der Waals surface area (Å²) in [5.41, 5.74) is 2.33. The van der Waals surface area contributed by atoms with Gasteiger partial charge in [-0.05, 0) is 32.4 Å². The second kappa shape index (κ2) is 7.88. The summed E-state index contributed by atoms with van der Waals surface area (Å²) < 4.78 is 1.67. The Morgan fingerprint density at radius 3 is 2.42 bits per heavy atom. The number of carbonyl (C=O) groups excluding carboxylic acids is 2.